The maximum absolute atomic E-state index is 2.32. The topological polar surface area (TPSA) is 0 Å². The van der Waals surface area contributed by atoms with E-state index < -0.39 is 0 Å². The first kappa shape index (κ1) is 13.2. The third-order valence-electron chi connectivity index (χ3n) is 4.28. The van der Waals surface area contributed by atoms with E-state index >= 15 is 0 Å². The smallest absolute Gasteiger partial charge is 0.0162 e. The molecule has 102 valence electrons. The third kappa shape index (κ3) is 3.39. The zero-order valence-corrected chi connectivity index (χ0v) is 12.0. The Labute approximate surface area is 122 Å². The second-order valence-corrected chi connectivity index (χ2v) is 5.75. The van der Waals surface area contributed by atoms with Crippen LogP contribution in [-0.2, 0) is 0 Å². The Morgan fingerprint density at radius 1 is 0.650 bits per heavy atom. The van der Waals surface area contributed by atoms with Crippen LogP contribution in [0.25, 0.3) is 12.2 Å². The normalized spacial score (nSPS) is 16.6. The molecule has 20 heavy (non-hydrogen) atoms. The van der Waals surface area contributed by atoms with Crippen molar-refractivity contribution in [3.8, 4) is 0 Å². The van der Waals surface area contributed by atoms with E-state index in [1.807, 2.05) is 0 Å². The van der Waals surface area contributed by atoms with Gasteiger partial charge in [0, 0.05) is 0 Å². The van der Waals surface area contributed by atoms with Crippen LogP contribution in [0.1, 0.15) is 54.7 Å². The highest BCUT2D eigenvalue weighted by Gasteiger charge is 2.14. The van der Waals surface area contributed by atoms with E-state index in [9.17, 15) is 0 Å². The first-order chi connectivity index (χ1) is 9.92. The minimum absolute atomic E-state index is 0.802. The van der Waals surface area contributed by atoms with Gasteiger partial charge in [0.2, 0.25) is 0 Å². The van der Waals surface area contributed by atoms with Crippen LogP contribution in [0.4, 0.5) is 0 Å². The number of rotatable bonds is 3. The first-order valence-corrected chi connectivity index (χ1v) is 7.75. The summed E-state index contributed by atoms with van der Waals surface area (Å²) in [6.07, 6.45) is 11.4. The van der Waals surface area contributed by atoms with Crippen molar-refractivity contribution in [2.24, 2.45) is 0 Å². The van der Waals surface area contributed by atoms with Gasteiger partial charge in [-0.15, -0.1) is 0 Å². The minimum atomic E-state index is 0.802. The molecule has 0 atom stereocenters. The van der Waals surface area contributed by atoms with Crippen LogP contribution in [0, 0.1) is 0 Å². The molecule has 0 amide bonds. The maximum Gasteiger partial charge on any atom is -0.0162 e. The van der Waals surface area contributed by atoms with Gasteiger partial charge in [-0.1, -0.05) is 86.0 Å². The lowest BCUT2D eigenvalue weighted by Gasteiger charge is -2.21. The molecule has 0 N–H and O–H groups in total. The van der Waals surface area contributed by atoms with Crippen molar-refractivity contribution >= 4 is 12.2 Å². The number of hydrogen-bond donors (Lipinski definition) is 0. The molecule has 0 spiro atoms. The highest BCUT2D eigenvalue weighted by atomic mass is 14.2. The summed E-state index contributed by atoms with van der Waals surface area (Å²) in [5.74, 6) is 0.802. The van der Waals surface area contributed by atoms with E-state index in [1.165, 1.54) is 48.8 Å². The molecule has 0 aliphatic heterocycles. The van der Waals surface area contributed by atoms with Gasteiger partial charge in [0.15, 0.2) is 0 Å². The van der Waals surface area contributed by atoms with Gasteiger partial charge in [0.05, 0.1) is 0 Å². The fourth-order valence-electron chi connectivity index (χ4n) is 3.07. The SMILES string of the molecule is C(=C\c1ccc(C2CCCCC2)cc1)/c1ccccc1. The van der Waals surface area contributed by atoms with Gasteiger partial charge in [-0.2, -0.15) is 0 Å². The number of benzene rings is 2. The molecular weight excluding hydrogens is 240 g/mol. The van der Waals surface area contributed by atoms with Crippen LogP contribution in [0.2, 0.25) is 0 Å². The predicted molar refractivity (Wildman–Crippen MR) is 87.6 cm³/mol. The van der Waals surface area contributed by atoms with E-state index in [0.29, 0.717) is 0 Å². The van der Waals surface area contributed by atoms with Gasteiger partial charge in [0.1, 0.15) is 0 Å². The quantitative estimate of drug-likeness (QED) is 0.604. The van der Waals surface area contributed by atoms with Crippen LogP contribution in [0.3, 0.4) is 0 Å². The Hall–Kier alpha value is -1.82. The van der Waals surface area contributed by atoms with Crippen molar-refractivity contribution in [2.45, 2.75) is 38.0 Å². The second kappa shape index (κ2) is 6.56. The van der Waals surface area contributed by atoms with E-state index in [1.54, 1.807) is 0 Å². The predicted octanol–water partition coefficient (Wildman–Crippen LogP) is 5.90. The van der Waals surface area contributed by atoms with E-state index in [2.05, 4.69) is 66.7 Å². The lowest BCUT2D eigenvalue weighted by atomic mass is 9.84. The molecule has 0 radical (unpaired) electrons. The first-order valence-electron chi connectivity index (χ1n) is 7.75. The molecule has 0 aromatic heterocycles. The van der Waals surface area contributed by atoms with Gasteiger partial charge in [-0.3, -0.25) is 0 Å². The van der Waals surface area contributed by atoms with Gasteiger partial charge < -0.3 is 0 Å². The van der Waals surface area contributed by atoms with Crippen molar-refractivity contribution in [1.29, 1.82) is 0 Å². The lowest BCUT2D eigenvalue weighted by Crippen LogP contribution is -2.04. The summed E-state index contributed by atoms with van der Waals surface area (Å²) in [7, 11) is 0. The highest BCUT2D eigenvalue weighted by Crippen LogP contribution is 2.32. The summed E-state index contributed by atoms with van der Waals surface area (Å²) < 4.78 is 0. The molecule has 1 saturated carbocycles. The van der Waals surface area contributed by atoms with Gasteiger partial charge in [-0.05, 0) is 35.4 Å². The maximum atomic E-state index is 2.32. The van der Waals surface area contributed by atoms with E-state index in [-0.39, 0.29) is 0 Å². The molecule has 0 nitrogen and oxygen atoms in total. The molecule has 0 heteroatoms. The zero-order chi connectivity index (χ0) is 13.6. The minimum Gasteiger partial charge on any atom is -0.0622 e. The van der Waals surface area contributed by atoms with Crippen molar-refractivity contribution in [1.82, 2.24) is 0 Å². The molecule has 0 saturated heterocycles. The lowest BCUT2D eigenvalue weighted by molar-refractivity contribution is 0.443. The summed E-state index contributed by atoms with van der Waals surface area (Å²) >= 11 is 0. The molecule has 1 fully saturated rings. The Kier molecular flexibility index (Phi) is 4.32. The summed E-state index contributed by atoms with van der Waals surface area (Å²) in [6.45, 7) is 0. The average molecular weight is 262 g/mol. The molecule has 2 aromatic carbocycles. The largest absolute Gasteiger partial charge is 0.0622 e. The Bertz CT molecular complexity index is 542. The van der Waals surface area contributed by atoms with E-state index in [0.717, 1.165) is 5.92 Å². The Morgan fingerprint density at radius 3 is 1.90 bits per heavy atom. The summed E-state index contributed by atoms with van der Waals surface area (Å²) in [6, 6.07) is 19.6. The van der Waals surface area contributed by atoms with Crippen molar-refractivity contribution in [3.63, 3.8) is 0 Å². The van der Waals surface area contributed by atoms with Crippen molar-refractivity contribution < 1.29 is 0 Å². The van der Waals surface area contributed by atoms with Crippen LogP contribution in [-0.4, -0.2) is 0 Å². The van der Waals surface area contributed by atoms with E-state index in [4.69, 9.17) is 0 Å². The third-order valence-corrected chi connectivity index (χ3v) is 4.28. The Morgan fingerprint density at radius 2 is 1.25 bits per heavy atom. The van der Waals surface area contributed by atoms with Crippen LogP contribution in [0.5, 0.6) is 0 Å². The molecule has 0 unspecified atom stereocenters. The van der Waals surface area contributed by atoms with Crippen LogP contribution >= 0.6 is 0 Å². The molecule has 0 heterocycles. The molecule has 0 bridgehead atoms. The average Bonchev–Trinajstić information content (AvgIpc) is 2.55. The summed E-state index contributed by atoms with van der Waals surface area (Å²) in [5, 5.41) is 0. The van der Waals surface area contributed by atoms with Crippen molar-refractivity contribution in [2.75, 3.05) is 0 Å². The van der Waals surface area contributed by atoms with Crippen molar-refractivity contribution in [3.05, 3.63) is 71.3 Å². The highest BCUT2D eigenvalue weighted by molar-refractivity contribution is 5.69. The molecular formula is C20H22. The van der Waals surface area contributed by atoms with Crippen LogP contribution < -0.4 is 0 Å². The zero-order valence-electron chi connectivity index (χ0n) is 12.0. The Balaban J connectivity index is 1.68. The molecule has 3 rings (SSSR count). The standard InChI is InChI=1S/C20H22/c1-3-7-17(8-4-1)11-12-18-13-15-20(16-14-18)19-9-5-2-6-10-19/h1,3-4,7-8,11-16,19H,2,5-6,9-10H2/b12-11+. The van der Waals surface area contributed by atoms with Gasteiger partial charge in [-0.25, -0.2) is 0 Å². The monoisotopic (exact) mass is 262 g/mol. The molecule has 1 aliphatic rings. The fourth-order valence-corrected chi connectivity index (χ4v) is 3.07. The van der Waals surface area contributed by atoms with Gasteiger partial charge in [0.25, 0.3) is 0 Å². The molecule has 1 aliphatic carbocycles. The summed E-state index contributed by atoms with van der Waals surface area (Å²) in [5.41, 5.74) is 4.07. The fraction of sp³-hybridized carbons (Fsp3) is 0.300. The second-order valence-electron chi connectivity index (χ2n) is 5.75. The van der Waals surface area contributed by atoms with Crippen LogP contribution in [0.15, 0.2) is 54.6 Å². The summed E-state index contributed by atoms with van der Waals surface area (Å²) in [4.78, 5) is 0. The number of hydrogen-bond acceptors (Lipinski definition) is 0. The van der Waals surface area contributed by atoms with Gasteiger partial charge >= 0.3 is 0 Å². The molecule has 2 aromatic rings.